The summed E-state index contributed by atoms with van der Waals surface area (Å²) in [4.78, 5) is 22.9. The molecule has 0 saturated heterocycles. The van der Waals surface area contributed by atoms with Gasteiger partial charge in [-0.15, -0.1) is 0 Å². The molecule has 1 aliphatic carbocycles. The van der Waals surface area contributed by atoms with Crippen LogP contribution in [-0.4, -0.2) is 46.2 Å². The molecule has 0 aromatic heterocycles. The van der Waals surface area contributed by atoms with Gasteiger partial charge in [-0.3, -0.25) is 0 Å². The van der Waals surface area contributed by atoms with E-state index in [0.29, 0.717) is 0 Å². The minimum absolute atomic E-state index is 0.0619. The number of hydrogen-bond donors (Lipinski definition) is 0. The Bertz CT molecular complexity index is 339. The zero-order chi connectivity index (χ0) is 12.3. The zero-order valence-electron chi connectivity index (χ0n) is 9.66. The molecule has 90 valence electrons. The SMILES string of the molecule is COC(=O)C1=C(C(=O)OC)C(OC)(OC)C1. The first-order valence-electron chi connectivity index (χ1n) is 4.56. The number of esters is 2. The van der Waals surface area contributed by atoms with Crippen LogP contribution in [0.2, 0.25) is 0 Å². The van der Waals surface area contributed by atoms with Crippen LogP contribution in [0.3, 0.4) is 0 Å². The van der Waals surface area contributed by atoms with E-state index in [1.54, 1.807) is 0 Å². The summed E-state index contributed by atoms with van der Waals surface area (Å²) in [6.07, 6.45) is 0.164. The molecule has 1 rings (SSSR count). The summed E-state index contributed by atoms with van der Waals surface area (Å²) in [5.74, 6) is -2.43. The van der Waals surface area contributed by atoms with E-state index < -0.39 is 17.7 Å². The lowest BCUT2D eigenvalue weighted by Gasteiger charge is -2.40. The summed E-state index contributed by atoms with van der Waals surface area (Å²) >= 11 is 0. The van der Waals surface area contributed by atoms with Crippen molar-refractivity contribution in [3.8, 4) is 0 Å². The van der Waals surface area contributed by atoms with E-state index >= 15 is 0 Å². The lowest BCUT2D eigenvalue weighted by atomic mass is 9.81. The fourth-order valence-corrected chi connectivity index (χ4v) is 1.64. The van der Waals surface area contributed by atoms with Crippen LogP contribution in [0.25, 0.3) is 0 Å². The van der Waals surface area contributed by atoms with Crippen LogP contribution in [0.15, 0.2) is 11.1 Å². The maximum Gasteiger partial charge on any atom is 0.339 e. The lowest BCUT2D eigenvalue weighted by molar-refractivity contribution is -0.202. The van der Waals surface area contributed by atoms with Crippen molar-refractivity contribution in [2.45, 2.75) is 12.2 Å². The van der Waals surface area contributed by atoms with Gasteiger partial charge < -0.3 is 18.9 Å². The van der Waals surface area contributed by atoms with E-state index in [0.717, 1.165) is 0 Å². The number of carbonyl (C=O) groups excluding carboxylic acids is 2. The van der Waals surface area contributed by atoms with Crippen molar-refractivity contribution in [1.29, 1.82) is 0 Å². The average Bonchev–Trinajstić information content (AvgIpc) is 2.28. The molecule has 0 radical (unpaired) electrons. The summed E-state index contributed by atoms with van der Waals surface area (Å²) in [6.45, 7) is 0. The average molecular weight is 230 g/mol. The van der Waals surface area contributed by atoms with Crippen molar-refractivity contribution >= 4 is 11.9 Å². The van der Waals surface area contributed by atoms with Crippen LogP contribution in [0.4, 0.5) is 0 Å². The lowest BCUT2D eigenvalue weighted by Crippen LogP contribution is -2.49. The van der Waals surface area contributed by atoms with Crippen molar-refractivity contribution in [2.75, 3.05) is 28.4 Å². The Morgan fingerprint density at radius 2 is 1.50 bits per heavy atom. The van der Waals surface area contributed by atoms with Gasteiger partial charge >= 0.3 is 11.9 Å². The molecule has 1 aliphatic rings. The first-order valence-corrected chi connectivity index (χ1v) is 4.56. The van der Waals surface area contributed by atoms with Gasteiger partial charge in [0.2, 0.25) is 5.79 Å². The molecule has 0 aliphatic heterocycles. The first-order chi connectivity index (χ1) is 7.56. The molecule has 0 aromatic carbocycles. The quantitative estimate of drug-likeness (QED) is 0.501. The molecule has 6 nitrogen and oxygen atoms in total. The zero-order valence-corrected chi connectivity index (χ0v) is 9.66. The Morgan fingerprint density at radius 1 is 1.00 bits per heavy atom. The number of rotatable bonds is 4. The Labute approximate surface area is 93.1 Å². The van der Waals surface area contributed by atoms with Crippen LogP contribution in [0.1, 0.15) is 6.42 Å². The van der Waals surface area contributed by atoms with E-state index in [1.807, 2.05) is 0 Å². The van der Waals surface area contributed by atoms with Gasteiger partial charge in [-0.2, -0.15) is 0 Å². The maximum absolute atomic E-state index is 11.5. The minimum atomic E-state index is -1.20. The highest BCUT2D eigenvalue weighted by Gasteiger charge is 2.53. The predicted octanol–water partition coefficient (Wildman–Crippen LogP) is 0.0218. The van der Waals surface area contributed by atoms with Gasteiger partial charge in [0.05, 0.1) is 19.8 Å². The van der Waals surface area contributed by atoms with Gasteiger partial charge in [0.15, 0.2) is 0 Å². The van der Waals surface area contributed by atoms with Crippen LogP contribution < -0.4 is 0 Å². The molecule has 0 spiro atoms. The number of ether oxygens (including phenoxy) is 4. The molecule has 0 heterocycles. The number of hydrogen-bond acceptors (Lipinski definition) is 6. The molecule has 0 fully saturated rings. The van der Waals surface area contributed by atoms with Crippen molar-refractivity contribution < 1.29 is 28.5 Å². The molecule has 0 atom stereocenters. The molecular weight excluding hydrogens is 216 g/mol. The summed E-state index contributed by atoms with van der Waals surface area (Å²) < 4.78 is 19.3. The number of carbonyl (C=O) groups is 2. The summed E-state index contributed by atoms with van der Waals surface area (Å²) in [6, 6.07) is 0. The highest BCUT2D eigenvalue weighted by atomic mass is 16.7. The standard InChI is InChI=1S/C10H14O6/c1-13-8(11)6-5-10(15-3,16-4)7(6)9(12)14-2/h5H2,1-4H3. The summed E-state index contributed by atoms with van der Waals surface area (Å²) in [7, 11) is 5.24. The van der Waals surface area contributed by atoms with Crippen molar-refractivity contribution in [3.63, 3.8) is 0 Å². The van der Waals surface area contributed by atoms with E-state index in [1.165, 1.54) is 28.4 Å². The van der Waals surface area contributed by atoms with E-state index in [-0.39, 0.29) is 17.6 Å². The third-order valence-electron chi connectivity index (χ3n) is 2.57. The van der Waals surface area contributed by atoms with Crippen molar-refractivity contribution in [2.24, 2.45) is 0 Å². The third kappa shape index (κ3) is 1.70. The predicted molar refractivity (Wildman–Crippen MR) is 52.4 cm³/mol. The Kier molecular flexibility index (Phi) is 3.66. The van der Waals surface area contributed by atoms with Gasteiger partial charge in [-0.05, 0) is 0 Å². The molecule has 0 unspecified atom stereocenters. The fourth-order valence-electron chi connectivity index (χ4n) is 1.64. The van der Waals surface area contributed by atoms with Crippen LogP contribution >= 0.6 is 0 Å². The van der Waals surface area contributed by atoms with Gasteiger partial charge in [0.1, 0.15) is 5.57 Å². The smallest absolute Gasteiger partial charge is 0.339 e. The van der Waals surface area contributed by atoms with Gasteiger partial charge in [-0.1, -0.05) is 0 Å². The largest absolute Gasteiger partial charge is 0.466 e. The molecular formula is C10H14O6. The second-order valence-corrected chi connectivity index (χ2v) is 3.17. The maximum atomic E-state index is 11.5. The third-order valence-corrected chi connectivity index (χ3v) is 2.57. The molecule has 6 heteroatoms. The van der Waals surface area contributed by atoms with Crippen LogP contribution in [0, 0.1) is 0 Å². The summed E-state index contributed by atoms with van der Waals surface area (Å²) in [5.41, 5.74) is 0.282. The van der Waals surface area contributed by atoms with Crippen molar-refractivity contribution in [1.82, 2.24) is 0 Å². The molecule has 0 N–H and O–H groups in total. The minimum Gasteiger partial charge on any atom is -0.466 e. The molecule has 0 aromatic rings. The Balaban J connectivity index is 3.13. The van der Waals surface area contributed by atoms with Gasteiger partial charge in [-0.25, -0.2) is 9.59 Å². The van der Waals surface area contributed by atoms with E-state index in [2.05, 4.69) is 9.47 Å². The van der Waals surface area contributed by atoms with E-state index in [4.69, 9.17) is 9.47 Å². The molecule has 0 bridgehead atoms. The Hall–Kier alpha value is -1.40. The fraction of sp³-hybridized carbons (Fsp3) is 0.600. The van der Waals surface area contributed by atoms with Crippen LogP contribution in [-0.2, 0) is 28.5 Å². The Morgan fingerprint density at radius 3 is 1.88 bits per heavy atom. The first kappa shape index (κ1) is 12.7. The van der Waals surface area contributed by atoms with E-state index in [9.17, 15) is 9.59 Å². The van der Waals surface area contributed by atoms with Crippen molar-refractivity contribution in [3.05, 3.63) is 11.1 Å². The topological polar surface area (TPSA) is 71.1 Å². The van der Waals surface area contributed by atoms with Gasteiger partial charge in [0.25, 0.3) is 0 Å². The highest BCUT2D eigenvalue weighted by Crippen LogP contribution is 2.43. The second kappa shape index (κ2) is 4.63. The monoisotopic (exact) mass is 230 g/mol. The summed E-state index contributed by atoms with van der Waals surface area (Å²) in [5, 5.41) is 0. The second-order valence-electron chi connectivity index (χ2n) is 3.17. The van der Waals surface area contributed by atoms with Gasteiger partial charge in [0, 0.05) is 20.6 Å². The molecule has 16 heavy (non-hydrogen) atoms. The number of methoxy groups -OCH3 is 4. The molecule has 0 amide bonds. The normalized spacial score (nSPS) is 17.8. The highest BCUT2D eigenvalue weighted by molar-refractivity contribution is 6.04. The van der Waals surface area contributed by atoms with Crippen LogP contribution in [0.5, 0.6) is 0 Å². The molecule has 0 saturated carbocycles.